The molecule has 0 spiro atoms. The molecule has 0 N–H and O–H groups in total. The van der Waals surface area contributed by atoms with Gasteiger partial charge in [0.1, 0.15) is 0 Å². The molecule has 0 saturated carbocycles. The molecule has 1 aliphatic heterocycles. The number of hydrogen-bond acceptors (Lipinski definition) is 4. The Morgan fingerprint density at radius 1 is 1.39 bits per heavy atom. The number of para-hydroxylation sites is 1. The van der Waals surface area contributed by atoms with Crippen LogP contribution in [0.5, 0.6) is 0 Å². The van der Waals surface area contributed by atoms with Gasteiger partial charge in [-0.25, -0.2) is 4.98 Å². The zero-order valence-electron chi connectivity index (χ0n) is 13.7. The third-order valence-electron chi connectivity index (χ3n) is 4.36. The molecule has 1 aromatic heterocycles. The monoisotopic (exact) mass is 329 g/mol. The third kappa shape index (κ3) is 4.10. The van der Waals surface area contributed by atoms with Crippen molar-refractivity contribution in [3.05, 3.63) is 46.4 Å². The number of carbonyl (C=O) groups excluding carboxylic acids is 1. The predicted octanol–water partition coefficient (Wildman–Crippen LogP) is 2.98. The molecule has 1 amide bonds. The molecule has 2 aromatic rings. The lowest BCUT2D eigenvalue weighted by molar-refractivity contribution is -0.129. The number of likely N-dealkylation sites (N-methyl/N-ethyl adjacent to an activating group) is 1. The molecule has 1 saturated heterocycles. The molecule has 0 aliphatic carbocycles. The molecule has 5 heteroatoms. The summed E-state index contributed by atoms with van der Waals surface area (Å²) in [5, 5.41) is 3.00. The minimum absolute atomic E-state index is 0.161. The number of amides is 1. The summed E-state index contributed by atoms with van der Waals surface area (Å²) in [4.78, 5) is 21.0. The van der Waals surface area contributed by atoms with Gasteiger partial charge >= 0.3 is 0 Å². The maximum atomic E-state index is 12.3. The summed E-state index contributed by atoms with van der Waals surface area (Å²) >= 11 is 1.60. The van der Waals surface area contributed by atoms with Crippen molar-refractivity contribution in [2.75, 3.05) is 31.6 Å². The van der Waals surface area contributed by atoms with E-state index in [-0.39, 0.29) is 5.91 Å². The van der Waals surface area contributed by atoms with E-state index in [4.69, 9.17) is 0 Å². The fourth-order valence-electron chi connectivity index (χ4n) is 3.12. The highest BCUT2D eigenvalue weighted by atomic mass is 32.1. The Morgan fingerprint density at radius 2 is 2.17 bits per heavy atom. The largest absolute Gasteiger partial charge is 0.371 e. The van der Waals surface area contributed by atoms with E-state index in [1.54, 1.807) is 11.3 Å². The fourth-order valence-corrected chi connectivity index (χ4v) is 3.74. The van der Waals surface area contributed by atoms with Gasteiger partial charge < -0.3 is 9.80 Å². The normalized spacial score (nSPS) is 17.5. The van der Waals surface area contributed by atoms with Crippen molar-refractivity contribution in [3.8, 4) is 0 Å². The molecule has 2 heterocycles. The second-order valence-electron chi connectivity index (χ2n) is 6.25. The molecule has 1 aliphatic rings. The van der Waals surface area contributed by atoms with Gasteiger partial charge in [-0.2, -0.15) is 0 Å². The van der Waals surface area contributed by atoms with Crippen LogP contribution in [0.15, 0.2) is 35.7 Å². The third-order valence-corrected chi connectivity index (χ3v) is 5.19. The molecule has 3 rings (SSSR count). The zero-order valence-corrected chi connectivity index (χ0v) is 14.6. The van der Waals surface area contributed by atoms with Gasteiger partial charge in [-0.3, -0.25) is 4.79 Å². The number of rotatable bonds is 5. The number of nitrogens with zero attached hydrogens (tertiary/aromatic N) is 3. The van der Waals surface area contributed by atoms with E-state index in [1.807, 2.05) is 30.3 Å². The van der Waals surface area contributed by atoms with Gasteiger partial charge in [0.15, 0.2) is 0 Å². The van der Waals surface area contributed by atoms with Crippen molar-refractivity contribution in [2.45, 2.75) is 19.8 Å². The van der Waals surface area contributed by atoms with Crippen LogP contribution in [-0.2, 0) is 11.2 Å². The number of thiazole rings is 1. The molecule has 1 aromatic carbocycles. The Morgan fingerprint density at radius 3 is 2.87 bits per heavy atom. The second-order valence-corrected chi connectivity index (χ2v) is 7.31. The van der Waals surface area contributed by atoms with Crippen molar-refractivity contribution in [1.82, 2.24) is 9.88 Å². The van der Waals surface area contributed by atoms with E-state index in [1.165, 1.54) is 5.69 Å². The first-order valence-electron chi connectivity index (χ1n) is 8.07. The van der Waals surface area contributed by atoms with E-state index in [2.05, 4.69) is 34.1 Å². The van der Waals surface area contributed by atoms with Crippen LogP contribution < -0.4 is 4.90 Å². The second kappa shape index (κ2) is 7.13. The smallest absolute Gasteiger partial charge is 0.228 e. The zero-order chi connectivity index (χ0) is 16.2. The standard InChI is InChI=1S/C18H23N3OS/c1-14-19-16(13-23-14)10-18(22)20(2)11-15-8-9-21(12-15)17-6-4-3-5-7-17/h3-7,13,15H,8-12H2,1-2H3/t15-/m0/s1. The van der Waals surface area contributed by atoms with E-state index in [0.29, 0.717) is 12.3 Å². The molecule has 0 radical (unpaired) electrons. The van der Waals surface area contributed by atoms with Crippen LogP contribution in [0.25, 0.3) is 0 Å². The summed E-state index contributed by atoms with van der Waals surface area (Å²) in [6.07, 6.45) is 1.55. The lowest BCUT2D eigenvalue weighted by atomic mass is 10.1. The van der Waals surface area contributed by atoms with Gasteiger partial charge in [-0.05, 0) is 31.4 Å². The number of aromatic nitrogens is 1. The first-order valence-corrected chi connectivity index (χ1v) is 8.95. The number of anilines is 1. The van der Waals surface area contributed by atoms with Gasteiger partial charge in [0.2, 0.25) is 5.91 Å². The van der Waals surface area contributed by atoms with Crippen molar-refractivity contribution in [1.29, 1.82) is 0 Å². The molecule has 23 heavy (non-hydrogen) atoms. The first-order chi connectivity index (χ1) is 11.1. The predicted molar refractivity (Wildman–Crippen MR) is 95.0 cm³/mol. The lowest BCUT2D eigenvalue weighted by Gasteiger charge is -2.22. The summed E-state index contributed by atoms with van der Waals surface area (Å²) < 4.78 is 0. The summed E-state index contributed by atoms with van der Waals surface area (Å²) in [6.45, 7) is 4.89. The van der Waals surface area contributed by atoms with Crippen LogP contribution >= 0.6 is 11.3 Å². The van der Waals surface area contributed by atoms with E-state index in [0.717, 1.165) is 36.8 Å². The minimum atomic E-state index is 0.161. The highest BCUT2D eigenvalue weighted by Gasteiger charge is 2.25. The topological polar surface area (TPSA) is 36.4 Å². The molecule has 1 atom stereocenters. The van der Waals surface area contributed by atoms with Gasteiger partial charge in [0.25, 0.3) is 0 Å². The average Bonchev–Trinajstić information content (AvgIpc) is 3.17. The Kier molecular flexibility index (Phi) is 4.96. The van der Waals surface area contributed by atoms with E-state index in [9.17, 15) is 4.79 Å². The summed E-state index contributed by atoms with van der Waals surface area (Å²) in [5.74, 6) is 0.704. The van der Waals surface area contributed by atoms with E-state index >= 15 is 0 Å². The molecule has 122 valence electrons. The molecule has 1 fully saturated rings. The number of hydrogen-bond donors (Lipinski definition) is 0. The maximum absolute atomic E-state index is 12.3. The molecule has 4 nitrogen and oxygen atoms in total. The van der Waals surface area contributed by atoms with Crippen molar-refractivity contribution in [2.24, 2.45) is 5.92 Å². The summed E-state index contributed by atoms with van der Waals surface area (Å²) in [5.41, 5.74) is 2.17. The molecular formula is C18H23N3OS. The Labute approximate surface area is 141 Å². The fraction of sp³-hybridized carbons (Fsp3) is 0.444. The minimum Gasteiger partial charge on any atom is -0.371 e. The Bertz CT molecular complexity index is 655. The average molecular weight is 329 g/mol. The number of aryl methyl sites for hydroxylation is 1. The quantitative estimate of drug-likeness (QED) is 0.846. The molecular weight excluding hydrogens is 306 g/mol. The summed E-state index contributed by atoms with van der Waals surface area (Å²) in [7, 11) is 1.91. The van der Waals surface area contributed by atoms with Gasteiger partial charge in [-0.1, -0.05) is 18.2 Å². The van der Waals surface area contributed by atoms with Crippen molar-refractivity contribution < 1.29 is 4.79 Å². The highest BCUT2D eigenvalue weighted by Crippen LogP contribution is 2.24. The van der Waals surface area contributed by atoms with Crippen molar-refractivity contribution >= 4 is 22.9 Å². The SMILES string of the molecule is Cc1nc(CC(=O)N(C)C[C@@H]2CCN(c3ccccc3)C2)cs1. The first kappa shape index (κ1) is 16.0. The van der Waals surface area contributed by atoms with Crippen molar-refractivity contribution in [3.63, 3.8) is 0 Å². The van der Waals surface area contributed by atoms with Crippen LogP contribution in [0.3, 0.4) is 0 Å². The van der Waals surface area contributed by atoms with Crippen LogP contribution in [0, 0.1) is 12.8 Å². The number of carbonyl (C=O) groups is 1. The maximum Gasteiger partial charge on any atom is 0.228 e. The van der Waals surface area contributed by atoms with Crippen LogP contribution in [0.2, 0.25) is 0 Å². The van der Waals surface area contributed by atoms with E-state index < -0.39 is 0 Å². The van der Waals surface area contributed by atoms with Gasteiger partial charge in [0.05, 0.1) is 17.1 Å². The van der Waals surface area contributed by atoms with Crippen LogP contribution in [-0.4, -0.2) is 42.5 Å². The Hall–Kier alpha value is -1.88. The lowest BCUT2D eigenvalue weighted by Crippen LogP contribution is -2.34. The summed E-state index contributed by atoms with van der Waals surface area (Å²) in [6, 6.07) is 10.5. The molecule has 0 bridgehead atoms. The Balaban J connectivity index is 1.50. The van der Waals surface area contributed by atoms with Crippen LogP contribution in [0.4, 0.5) is 5.69 Å². The van der Waals surface area contributed by atoms with Gasteiger partial charge in [-0.15, -0.1) is 11.3 Å². The van der Waals surface area contributed by atoms with Crippen LogP contribution in [0.1, 0.15) is 17.1 Å². The number of benzene rings is 1. The highest BCUT2D eigenvalue weighted by molar-refractivity contribution is 7.09. The van der Waals surface area contributed by atoms with Gasteiger partial charge in [0, 0.05) is 37.7 Å². The molecule has 0 unspecified atom stereocenters.